The quantitative estimate of drug-likeness (QED) is 0.868. The van der Waals surface area contributed by atoms with Gasteiger partial charge in [-0.25, -0.2) is 9.59 Å². The largest absolute Gasteiger partial charge is 0.444 e. The van der Waals surface area contributed by atoms with Crippen LogP contribution in [0.5, 0.6) is 0 Å². The molecule has 1 N–H and O–H groups in total. The molecule has 2 aliphatic rings. The van der Waals surface area contributed by atoms with Gasteiger partial charge in [0.25, 0.3) is 0 Å². The van der Waals surface area contributed by atoms with E-state index in [1.54, 1.807) is 4.90 Å². The lowest BCUT2D eigenvalue weighted by Gasteiger charge is -2.40. The van der Waals surface area contributed by atoms with Crippen LogP contribution in [0.1, 0.15) is 59.8 Å². The van der Waals surface area contributed by atoms with Gasteiger partial charge in [0, 0.05) is 31.7 Å². The van der Waals surface area contributed by atoms with Crippen molar-refractivity contribution in [3.63, 3.8) is 0 Å². The lowest BCUT2D eigenvalue weighted by molar-refractivity contribution is 0.00512. The highest BCUT2D eigenvalue weighted by Gasteiger charge is 2.45. The minimum atomic E-state index is -0.468. The molecule has 2 unspecified atom stereocenters. The molecule has 132 valence electrons. The van der Waals surface area contributed by atoms with E-state index in [-0.39, 0.29) is 30.2 Å². The summed E-state index contributed by atoms with van der Waals surface area (Å²) in [4.78, 5) is 28.2. The Morgan fingerprint density at radius 2 is 1.78 bits per heavy atom. The molecule has 2 saturated heterocycles. The molecule has 0 aliphatic carbocycles. The normalized spacial score (nSPS) is 26.8. The van der Waals surface area contributed by atoms with Crippen molar-refractivity contribution < 1.29 is 14.3 Å². The fourth-order valence-electron chi connectivity index (χ4n) is 3.63. The second-order valence-electron chi connectivity index (χ2n) is 7.81. The Morgan fingerprint density at radius 3 is 2.26 bits per heavy atom. The molecule has 0 aromatic rings. The maximum Gasteiger partial charge on any atom is 0.410 e. The molecule has 6 heteroatoms. The van der Waals surface area contributed by atoms with Gasteiger partial charge in [0.15, 0.2) is 0 Å². The zero-order chi connectivity index (χ0) is 17.2. The first kappa shape index (κ1) is 17.9. The van der Waals surface area contributed by atoms with Gasteiger partial charge in [0.1, 0.15) is 5.60 Å². The molecule has 0 saturated carbocycles. The summed E-state index contributed by atoms with van der Waals surface area (Å²) in [6, 6.07) is 0.510. The van der Waals surface area contributed by atoms with Crippen molar-refractivity contribution in [2.75, 3.05) is 13.6 Å². The first-order valence-electron chi connectivity index (χ1n) is 8.74. The highest BCUT2D eigenvalue weighted by atomic mass is 16.6. The van der Waals surface area contributed by atoms with Gasteiger partial charge in [-0.05, 0) is 52.9 Å². The standard InChI is InChI=1S/C17H31N3O3/c1-6-9-19(5)15(21)18-12-10-13-7-8-14(11-12)20(13)16(22)23-17(2,3)4/h12-14H,6-11H2,1-5H3,(H,18,21). The van der Waals surface area contributed by atoms with Crippen LogP contribution in [0.4, 0.5) is 9.59 Å². The van der Waals surface area contributed by atoms with Gasteiger partial charge >= 0.3 is 12.1 Å². The lowest BCUT2D eigenvalue weighted by atomic mass is 9.98. The van der Waals surface area contributed by atoms with Crippen molar-refractivity contribution in [3.05, 3.63) is 0 Å². The molecular formula is C17H31N3O3. The van der Waals surface area contributed by atoms with E-state index >= 15 is 0 Å². The van der Waals surface area contributed by atoms with Crippen LogP contribution in [0, 0.1) is 0 Å². The van der Waals surface area contributed by atoms with Gasteiger partial charge in [-0.1, -0.05) is 6.92 Å². The second kappa shape index (κ2) is 6.97. The predicted molar refractivity (Wildman–Crippen MR) is 89.4 cm³/mol. The summed E-state index contributed by atoms with van der Waals surface area (Å²) in [6.07, 6.45) is 4.38. The summed E-state index contributed by atoms with van der Waals surface area (Å²) in [5.74, 6) is 0. The van der Waals surface area contributed by atoms with Crippen molar-refractivity contribution in [1.29, 1.82) is 0 Å². The van der Waals surface area contributed by atoms with E-state index < -0.39 is 5.60 Å². The molecule has 0 radical (unpaired) electrons. The number of carbonyl (C=O) groups excluding carboxylic acids is 2. The third-order valence-electron chi connectivity index (χ3n) is 4.57. The number of ether oxygens (including phenoxy) is 1. The van der Waals surface area contributed by atoms with Gasteiger partial charge in [-0.2, -0.15) is 0 Å². The number of carbonyl (C=O) groups is 2. The number of urea groups is 1. The number of hydrogen-bond acceptors (Lipinski definition) is 3. The first-order valence-corrected chi connectivity index (χ1v) is 8.74. The molecular weight excluding hydrogens is 294 g/mol. The van der Waals surface area contributed by atoms with Gasteiger partial charge in [0.05, 0.1) is 0 Å². The van der Waals surface area contributed by atoms with Crippen molar-refractivity contribution in [2.45, 2.75) is 83.5 Å². The third-order valence-corrected chi connectivity index (χ3v) is 4.57. The molecule has 2 rings (SSSR count). The van der Waals surface area contributed by atoms with Crippen molar-refractivity contribution in [2.24, 2.45) is 0 Å². The topological polar surface area (TPSA) is 61.9 Å². The average molecular weight is 325 g/mol. The molecule has 23 heavy (non-hydrogen) atoms. The Kier molecular flexibility index (Phi) is 5.42. The summed E-state index contributed by atoms with van der Waals surface area (Å²) >= 11 is 0. The van der Waals surface area contributed by atoms with E-state index in [0.29, 0.717) is 0 Å². The van der Waals surface area contributed by atoms with Crippen LogP contribution in [0.2, 0.25) is 0 Å². The maximum atomic E-state index is 12.4. The maximum absolute atomic E-state index is 12.4. The van der Waals surface area contributed by atoms with E-state index in [1.807, 2.05) is 32.7 Å². The highest BCUT2D eigenvalue weighted by molar-refractivity contribution is 5.74. The van der Waals surface area contributed by atoms with E-state index in [9.17, 15) is 9.59 Å². The Bertz CT molecular complexity index is 433. The Labute approximate surface area is 139 Å². The highest BCUT2D eigenvalue weighted by Crippen LogP contribution is 2.36. The molecule has 0 spiro atoms. The number of rotatable bonds is 3. The molecule has 2 heterocycles. The van der Waals surface area contributed by atoms with Crippen LogP contribution < -0.4 is 5.32 Å². The summed E-state index contributed by atoms with van der Waals surface area (Å²) in [5.41, 5.74) is -0.468. The van der Waals surface area contributed by atoms with Crippen LogP contribution in [0.3, 0.4) is 0 Å². The predicted octanol–water partition coefficient (Wildman–Crippen LogP) is 2.97. The SMILES string of the molecule is CCCN(C)C(=O)NC1CC2CCC(C1)N2C(=O)OC(C)(C)C. The molecule has 3 amide bonds. The summed E-state index contributed by atoms with van der Waals surface area (Å²) in [5, 5.41) is 3.12. The van der Waals surface area contributed by atoms with E-state index in [1.165, 1.54) is 0 Å². The van der Waals surface area contributed by atoms with Gasteiger partial charge in [-0.3, -0.25) is 0 Å². The van der Waals surface area contributed by atoms with Gasteiger partial charge in [-0.15, -0.1) is 0 Å². The smallest absolute Gasteiger partial charge is 0.410 e. The summed E-state index contributed by atoms with van der Waals surface area (Å²) in [7, 11) is 1.82. The first-order chi connectivity index (χ1) is 10.7. The van der Waals surface area contributed by atoms with Gasteiger partial charge in [0.2, 0.25) is 0 Å². The molecule has 2 aliphatic heterocycles. The Hall–Kier alpha value is -1.46. The minimum absolute atomic E-state index is 0.0121. The number of amides is 3. The van der Waals surface area contributed by atoms with Gasteiger partial charge < -0.3 is 19.9 Å². The fourth-order valence-corrected chi connectivity index (χ4v) is 3.63. The Morgan fingerprint density at radius 1 is 1.22 bits per heavy atom. The van der Waals surface area contributed by atoms with Crippen molar-refractivity contribution in [1.82, 2.24) is 15.1 Å². The van der Waals surface area contributed by atoms with Crippen LogP contribution in [-0.2, 0) is 4.74 Å². The van der Waals surface area contributed by atoms with Crippen LogP contribution in [-0.4, -0.2) is 59.2 Å². The van der Waals surface area contributed by atoms with Crippen molar-refractivity contribution >= 4 is 12.1 Å². The van der Waals surface area contributed by atoms with Crippen LogP contribution >= 0.6 is 0 Å². The van der Waals surface area contributed by atoms with E-state index in [2.05, 4.69) is 12.2 Å². The Balaban J connectivity index is 1.91. The number of piperidine rings is 1. The summed E-state index contributed by atoms with van der Waals surface area (Å²) < 4.78 is 5.54. The zero-order valence-corrected chi connectivity index (χ0v) is 15.1. The fraction of sp³-hybridized carbons (Fsp3) is 0.882. The summed E-state index contributed by atoms with van der Waals surface area (Å²) in [6.45, 7) is 8.49. The number of nitrogens with zero attached hydrogens (tertiary/aromatic N) is 2. The zero-order valence-electron chi connectivity index (χ0n) is 15.1. The average Bonchev–Trinajstić information content (AvgIpc) is 2.69. The molecule has 2 atom stereocenters. The van der Waals surface area contributed by atoms with Crippen molar-refractivity contribution in [3.8, 4) is 0 Å². The molecule has 2 fully saturated rings. The van der Waals surface area contributed by atoms with Crippen LogP contribution in [0.25, 0.3) is 0 Å². The molecule has 2 bridgehead atoms. The van der Waals surface area contributed by atoms with E-state index in [4.69, 9.17) is 4.74 Å². The van der Waals surface area contributed by atoms with E-state index in [0.717, 1.165) is 38.6 Å². The monoisotopic (exact) mass is 325 g/mol. The molecule has 6 nitrogen and oxygen atoms in total. The minimum Gasteiger partial charge on any atom is -0.444 e. The number of fused-ring (bicyclic) bond motifs is 2. The number of hydrogen-bond donors (Lipinski definition) is 1. The number of nitrogens with one attached hydrogen (secondary N) is 1. The molecule has 0 aromatic heterocycles. The van der Waals surface area contributed by atoms with Crippen LogP contribution in [0.15, 0.2) is 0 Å². The second-order valence-corrected chi connectivity index (χ2v) is 7.81. The lowest BCUT2D eigenvalue weighted by Crippen LogP contribution is -2.54. The molecule has 0 aromatic carbocycles. The third kappa shape index (κ3) is 4.52.